The van der Waals surface area contributed by atoms with Crippen molar-refractivity contribution in [1.29, 1.82) is 0 Å². The largest absolute Gasteiger partial charge is 0.452 e. The number of ether oxygens (including phenoxy) is 2. The van der Waals surface area contributed by atoms with Gasteiger partial charge in [-0.1, -0.05) is 6.42 Å². The van der Waals surface area contributed by atoms with Gasteiger partial charge in [0.2, 0.25) is 0 Å². The molecule has 2 amide bonds. The lowest BCUT2D eigenvalue weighted by molar-refractivity contribution is -0.0276. The summed E-state index contributed by atoms with van der Waals surface area (Å²) in [5, 5.41) is 2.89. The Labute approximate surface area is 159 Å². The van der Waals surface area contributed by atoms with E-state index in [1.165, 1.54) is 30.6 Å². The minimum Gasteiger partial charge on any atom is -0.452 e. The van der Waals surface area contributed by atoms with E-state index in [1.807, 2.05) is 0 Å². The Morgan fingerprint density at radius 1 is 1.04 bits per heavy atom. The molecule has 0 bridgehead atoms. The minimum atomic E-state index is -0.687. The Kier molecular flexibility index (Phi) is 4.50. The van der Waals surface area contributed by atoms with Gasteiger partial charge in [0.05, 0.1) is 32.7 Å². The molecule has 0 N–H and O–H groups in total. The number of amides is 2. The van der Waals surface area contributed by atoms with Gasteiger partial charge in [0.1, 0.15) is 10.7 Å². The van der Waals surface area contributed by atoms with E-state index in [2.05, 4.69) is 0 Å². The summed E-state index contributed by atoms with van der Waals surface area (Å²) in [6.45, 7) is 0.858. The van der Waals surface area contributed by atoms with Crippen molar-refractivity contribution in [1.82, 2.24) is 19.6 Å². The molecule has 0 saturated carbocycles. The van der Waals surface area contributed by atoms with Gasteiger partial charge >= 0.3 is 12.2 Å². The van der Waals surface area contributed by atoms with E-state index < -0.39 is 12.2 Å². The van der Waals surface area contributed by atoms with Crippen LogP contribution in [0.4, 0.5) is 9.59 Å². The summed E-state index contributed by atoms with van der Waals surface area (Å²) in [4.78, 5) is 43.7. The highest BCUT2D eigenvalue weighted by Gasteiger charge is 2.36. The van der Waals surface area contributed by atoms with Crippen LogP contribution in [0.25, 0.3) is 10.2 Å². The first kappa shape index (κ1) is 17.8. The summed E-state index contributed by atoms with van der Waals surface area (Å²) in [6, 6.07) is 0. The van der Waals surface area contributed by atoms with Crippen LogP contribution in [0.3, 0.4) is 0 Å². The molecule has 2 aliphatic rings. The van der Waals surface area contributed by atoms with Gasteiger partial charge in [-0.15, -0.1) is 11.3 Å². The van der Waals surface area contributed by atoms with E-state index in [0.717, 1.165) is 47.0 Å². The first-order valence-corrected chi connectivity index (χ1v) is 9.61. The van der Waals surface area contributed by atoms with Crippen molar-refractivity contribution in [3.8, 4) is 0 Å². The van der Waals surface area contributed by atoms with Crippen molar-refractivity contribution >= 4 is 33.7 Å². The van der Waals surface area contributed by atoms with Crippen molar-refractivity contribution in [3.63, 3.8) is 0 Å². The Hall–Kier alpha value is -2.62. The third-order valence-electron chi connectivity index (χ3n) is 5.02. The molecule has 0 aromatic carbocycles. The topological polar surface area (TPSA) is 94.0 Å². The van der Waals surface area contributed by atoms with Crippen LogP contribution >= 0.6 is 11.3 Å². The first-order chi connectivity index (χ1) is 13.0. The second-order valence-electron chi connectivity index (χ2n) is 6.53. The second-order valence-corrected chi connectivity index (χ2v) is 7.62. The van der Waals surface area contributed by atoms with Crippen molar-refractivity contribution in [3.05, 3.63) is 26.6 Å². The van der Waals surface area contributed by atoms with Crippen LogP contribution < -0.4 is 5.56 Å². The lowest BCUT2D eigenvalue weighted by atomic mass is 10.1. The van der Waals surface area contributed by atoms with E-state index >= 15 is 0 Å². The Balaban J connectivity index is 1.86. The number of hydrazine groups is 1. The molecule has 4 heterocycles. The van der Waals surface area contributed by atoms with E-state index in [9.17, 15) is 14.4 Å². The molecule has 10 heteroatoms. The zero-order valence-corrected chi connectivity index (χ0v) is 16.0. The number of rotatable bonds is 0. The van der Waals surface area contributed by atoms with Crippen LogP contribution in [-0.2, 0) is 35.5 Å². The molecule has 0 radical (unpaired) electrons. The number of methoxy groups -OCH3 is 2. The summed E-state index contributed by atoms with van der Waals surface area (Å²) < 4.78 is 11.3. The monoisotopic (exact) mass is 392 g/mol. The third kappa shape index (κ3) is 2.84. The molecular weight excluding hydrogens is 372 g/mol. The average Bonchev–Trinajstić information content (AvgIpc) is 2.86. The third-order valence-corrected chi connectivity index (χ3v) is 6.13. The standard InChI is InChI=1S/C17H20N4O5S/c1-25-16(23)20-8-10-11(9-21(20)17(24)26-2)27-14-13(10)15(22)19-7-5-3-4-6-12(19)18-14/h3-9H2,1-2H3. The van der Waals surface area contributed by atoms with Crippen molar-refractivity contribution in [2.24, 2.45) is 0 Å². The van der Waals surface area contributed by atoms with Gasteiger partial charge in [0.25, 0.3) is 5.56 Å². The number of thiophene rings is 1. The number of fused-ring (bicyclic) bond motifs is 4. The summed E-state index contributed by atoms with van der Waals surface area (Å²) in [5.41, 5.74) is 0.670. The molecule has 27 heavy (non-hydrogen) atoms. The highest BCUT2D eigenvalue weighted by atomic mass is 32.1. The van der Waals surface area contributed by atoms with Gasteiger partial charge in [0, 0.05) is 23.4 Å². The molecule has 2 aromatic rings. The average molecular weight is 392 g/mol. The summed E-state index contributed by atoms with van der Waals surface area (Å²) in [7, 11) is 2.50. The molecule has 4 rings (SSSR count). The number of hydrogen-bond acceptors (Lipinski definition) is 7. The lowest BCUT2D eigenvalue weighted by Gasteiger charge is -2.35. The maximum absolute atomic E-state index is 13.2. The number of carbonyl (C=O) groups is 2. The molecule has 0 saturated heterocycles. The summed E-state index contributed by atoms with van der Waals surface area (Å²) >= 11 is 1.39. The first-order valence-electron chi connectivity index (χ1n) is 8.80. The van der Waals surface area contributed by atoms with Crippen molar-refractivity contribution in [2.45, 2.75) is 45.3 Å². The fourth-order valence-electron chi connectivity index (χ4n) is 3.67. The van der Waals surface area contributed by atoms with Crippen molar-refractivity contribution in [2.75, 3.05) is 14.2 Å². The Morgan fingerprint density at radius 3 is 2.44 bits per heavy atom. The minimum absolute atomic E-state index is 0.0629. The molecule has 9 nitrogen and oxygen atoms in total. The SMILES string of the molecule is COC(=O)N1Cc2sc3nc4n(c(=O)c3c2CN1C(=O)OC)CCCCC4. The molecule has 0 spiro atoms. The fraction of sp³-hybridized carbons (Fsp3) is 0.529. The van der Waals surface area contributed by atoms with Gasteiger partial charge in [-0.2, -0.15) is 0 Å². The van der Waals surface area contributed by atoms with Crippen LogP contribution in [0.15, 0.2) is 4.79 Å². The predicted octanol–water partition coefficient (Wildman–Crippen LogP) is 2.25. The molecule has 0 unspecified atom stereocenters. The van der Waals surface area contributed by atoms with Crippen LogP contribution in [0.5, 0.6) is 0 Å². The number of aryl methyl sites for hydroxylation is 1. The van der Waals surface area contributed by atoms with E-state index in [0.29, 0.717) is 16.8 Å². The molecule has 2 aromatic heterocycles. The number of nitrogens with zero attached hydrogens (tertiary/aromatic N) is 4. The smallest absolute Gasteiger partial charge is 0.429 e. The molecule has 144 valence electrons. The summed E-state index contributed by atoms with van der Waals surface area (Å²) in [5.74, 6) is 0.818. The zero-order valence-electron chi connectivity index (χ0n) is 15.2. The van der Waals surface area contributed by atoms with Gasteiger partial charge < -0.3 is 9.47 Å². The van der Waals surface area contributed by atoms with Crippen LogP contribution in [0.2, 0.25) is 0 Å². The van der Waals surface area contributed by atoms with E-state index in [-0.39, 0.29) is 18.6 Å². The molecule has 0 atom stereocenters. The van der Waals surface area contributed by atoms with Gasteiger partial charge in [-0.25, -0.2) is 24.6 Å². The predicted molar refractivity (Wildman–Crippen MR) is 97.3 cm³/mol. The molecular formula is C17H20N4O5S. The zero-order chi connectivity index (χ0) is 19.1. The van der Waals surface area contributed by atoms with Gasteiger partial charge in [-0.3, -0.25) is 9.36 Å². The summed E-state index contributed by atoms with van der Waals surface area (Å²) in [6.07, 6.45) is 2.50. The van der Waals surface area contributed by atoms with E-state index in [1.54, 1.807) is 4.57 Å². The van der Waals surface area contributed by atoms with Crippen LogP contribution in [0.1, 0.15) is 35.5 Å². The Bertz CT molecular complexity index is 982. The van der Waals surface area contributed by atoms with E-state index in [4.69, 9.17) is 14.5 Å². The maximum Gasteiger partial charge on any atom is 0.429 e. The normalized spacial score (nSPS) is 16.5. The fourth-order valence-corrected chi connectivity index (χ4v) is 4.84. The van der Waals surface area contributed by atoms with Gasteiger partial charge in [-0.05, 0) is 12.8 Å². The number of carbonyl (C=O) groups excluding carboxylic acids is 2. The van der Waals surface area contributed by atoms with Crippen molar-refractivity contribution < 1.29 is 19.1 Å². The number of hydrogen-bond donors (Lipinski definition) is 0. The van der Waals surface area contributed by atoms with Crippen LogP contribution in [0, 0.1) is 0 Å². The molecule has 0 aliphatic carbocycles. The molecule has 0 fully saturated rings. The lowest BCUT2D eigenvalue weighted by Crippen LogP contribution is -2.51. The number of aromatic nitrogens is 2. The highest BCUT2D eigenvalue weighted by molar-refractivity contribution is 7.18. The van der Waals surface area contributed by atoms with Crippen LogP contribution in [-0.4, -0.2) is 46.0 Å². The second kappa shape index (κ2) is 6.84. The quantitative estimate of drug-likeness (QED) is 0.683. The molecule has 2 aliphatic heterocycles. The maximum atomic E-state index is 13.2. The Morgan fingerprint density at radius 2 is 1.74 bits per heavy atom. The highest BCUT2D eigenvalue weighted by Crippen LogP contribution is 2.35. The van der Waals surface area contributed by atoms with Gasteiger partial charge in [0.15, 0.2) is 0 Å².